The van der Waals surface area contributed by atoms with Crippen LogP contribution < -0.4 is 0 Å². The Labute approximate surface area is 287 Å². The monoisotopic (exact) mass is 636 g/mol. The molecule has 0 amide bonds. The summed E-state index contributed by atoms with van der Waals surface area (Å²) >= 11 is 0. The number of hydrogen-bond donors (Lipinski definition) is 0. The normalized spacial score (nSPS) is 12.0. The molecule has 2 aromatic heterocycles. The molecule has 0 unspecified atom stereocenters. The maximum absolute atomic E-state index is 6.71. The number of hydrogen-bond acceptors (Lipinski definition) is 2. The summed E-state index contributed by atoms with van der Waals surface area (Å²) in [5.74, 6) is 0. The molecule has 0 spiro atoms. The van der Waals surface area contributed by atoms with Gasteiger partial charge in [-0.1, -0.05) is 140 Å². The molecule has 0 radical (unpaired) electrons. The number of rotatable bonds is 3. The van der Waals surface area contributed by atoms with Crippen molar-refractivity contribution in [3.05, 3.63) is 170 Å². The first-order valence-corrected chi connectivity index (χ1v) is 17.1. The first-order chi connectivity index (χ1) is 24.8. The summed E-state index contributed by atoms with van der Waals surface area (Å²) in [6, 6.07) is 60.7. The summed E-state index contributed by atoms with van der Waals surface area (Å²) in [7, 11) is 0. The fourth-order valence-corrected chi connectivity index (χ4v) is 8.33. The van der Waals surface area contributed by atoms with Crippen molar-refractivity contribution in [1.82, 2.24) is 0 Å². The first kappa shape index (κ1) is 27.3. The van der Waals surface area contributed by atoms with Crippen molar-refractivity contribution in [2.75, 3.05) is 0 Å². The van der Waals surface area contributed by atoms with Gasteiger partial charge in [0.15, 0.2) is 0 Å². The number of benzene rings is 9. The maximum atomic E-state index is 6.71. The van der Waals surface area contributed by atoms with Gasteiger partial charge in [-0.05, 0) is 90.6 Å². The van der Waals surface area contributed by atoms with Crippen LogP contribution >= 0.6 is 0 Å². The van der Waals surface area contributed by atoms with Crippen LogP contribution in [0.3, 0.4) is 0 Å². The Morgan fingerprint density at radius 3 is 1.62 bits per heavy atom. The van der Waals surface area contributed by atoms with E-state index in [0.29, 0.717) is 0 Å². The Hall–Kier alpha value is -6.64. The summed E-state index contributed by atoms with van der Waals surface area (Å²) in [4.78, 5) is 0. The molecular formula is C48H28O2. The molecule has 2 heteroatoms. The molecule has 2 nitrogen and oxygen atoms in total. The molecule has 11 aromatic rings. The largest absolute Gasteiger partial charge is 0.456 e. The highest BCUT2D eigenvalue weighted by atomic mass is 16.3. The van der Waals surface area contributed by atoms with Gasteiger partial charge in [-0.2, -0.15) is 0 Å². The second-order valence-corrected chi connectivity index (χ2v) is 13.1. The second-order valence-electron chi connectivity index (χ2n) is 13.1. The predicted octanol–water partition coefficient (Wildman–Crippen LogP) is 13.9. The van der Waals surface area contributed by atoms with Crippen molar-refractivity contribution in [3.63, 3.8) is 0 Å². The van der Waals surface area contributed by atoms with Crippen LogP contribution in [0, 0.1) is 0 Å². The van der Waals surface area contributed by atoms with E-state index in [0.717, 1.165) is 60.4 Å². The van der Waals surface area contributed by atoms with Crippen molar-refractivity contribution in [2.24, 2.45) is 0 Å². The van der Waals surface area contributed by atoms with E-state index in [2.05, 4.69) is 170 Å². The number of furan rings is 2. The minimum Gasteiger partial charge on any atom is -0.456 e. The molecule has 0 N–H and O–H groups in total. The Balaban J connectivity index is 1.16. The van der Waals surface area contributed by atoms with Crippen LogP contribution in [-0.4, -0.2) is 0 Å². The van der Waals surface area contributed by atoms with Crippen molar-refractivity contribution in [3.8, 4) is 33.4 Å². The van der Waals surface area contributed by atoms with Gasteiger partial charge in [0.25, 0.3) is 0 Å². The van der Waals surface area contributed by atoms with Crippen LogP contribution in [0.15, 0.2) is 179 Å². The third-order valence-electron chi connectivity index (χ3n) is 10.5. The van der Waals surface area contributed by atoms with Gasteiger partial charge in [0, 0.05) is 26.9 Å². The lowest BCUT2D eigenvalue weighted by molar-refractivity contribution is 0.669. The molecule has 9 aromatic carbocycles. The van der Waals surface area contributed by atoms with Gasteiger partial charge in [0.1, 0.15) is 22.3 Å². The fraction of sp³-hybridized carbons (Fsp3) is 0. The van der Waals surface area contributed by atoms with E-state index in [1.165, 1.54) is 49.2 Å². The Kier molecular flexibility index (Phi) is 5.70. The van der Waals surface area contributed by atoms with Crippen molar-refractivity contribution < 1.29 is 8.83 Å². The van der Waals surface area contributed by atoms with Gasteiger partial charge < -0.3 is 8.83 Å². The zero-order valence-electron chi connectivity index (χ0n) is 27.0. The van der Waals surface area contributed by atoms with Crippen molar-refractivity contribution in [2.45, 2.75) is 0 Å². The summed E-state index contributed by atoms with van der Waals surface area (Å²) in [5, 5.41) is 11.7. The van der Waals surface area contributed by atoms with Gasteiger partial charge in [0.05, 0.1) is 0 Å². The van der Waals surface area contributed by atoms with E-state index in [-0.39, 0.29) is 0 Å². The van der Waals surface area contributed by atoms with Crippen molar-refractivity contribution in [1.29, 1.82) is 0 Å². The summed E-state index contributed by atoms with van der Waals surface area (Å²) < 4.78 is 13.2. The molecule has 50 heavy (non-hydrogen) atoms. The lowest BCUT2D eigenvalue weighted by Crippen LogP contribution is -1.91. The standard InChI is InChI=1S/C48H28O2/c1-2-13-30(14-3-1)44-34-16-6-8-18-36(34)45(37-19-9-7-17-35(37)44)39-21-11-22-41-47(39)38-26-25-31(28-43(38)49-41)32-20-10-23-42-46(32)40-27-24-29-12-4-5-15-33(29)48(40)50-42/h1-28H. The van der Waals surface area contributed by atoms with E-state index in [9.17, 15) is 0 Å². The summed E-state index contributed by atoms with van der Waals surface area (Å²) in [5.41, 5.74) is 10.7. The van der Waals surface area contributed by atoms with Gasteiger partial charge in [-0.3, -0.25) is 0 Å². The SMILES string of the molecule is c1ccc(-c2c3ccccc3c(-c3cccc4oc5cc(-c6cccc7oc8c9ccccc9ccc8c67)ccc5c34)c3ccccc23)cc1. The van der Waals surface area contributed by atoms with Crippen LogP contribution in [0.25, 0.3) is 110 Å². The van der Waals surface area contributed by atoms with Crippen LogP contribution in [0.4, 0.5) is 0 Å². The summed E-state index contributed by atoms with van der Waals surface area (Å²) in [6.45, 7) is 0. The van der Waals surface area contributed by atoms with E-state index in [1.807, 2.05) is 0 Å². The highest BCUT2D eigenvalue weighted by Gasteiger charge is 2.21. The van der Waals surface area contributed by atoms with Crippen LogP contribution in [0.5, 0.6) is 0 Å². The van der Waals surface area contributed by atoms with Gasteiger partial charge in [-0.15, -0.1) is 0 Å². The molecule has 0 saturated carbocycles. The zero-order chi connectivity index (χ0) is 32.8. The third-order valence-corrected chi connectivity index (χ3v) is 10.5. The van der Waals surface area contributed by atoms with E-state index >= 15 is 0 Å². The average Bonchev–Trinajstić information content (AvgIpc) is 3.76. The molecule has 0 fully saturated rings. The second kappa shape index (κ2) is 10.4. The molecule has 0 saturated heterocycles. The van der Waals surface area contributed by atoms with Gasteiger partial charge in [-0.25, -0.2) is 0 Å². The quantitative estimate of drug-likeness (QED) is 0.180. The lowest BCUT2D eigenvalue weighted by atomic mass is 9.85. The minimum atomic E-state index is 0.870. The van der Waals surface area contributed by atoms with Crippen molar-refractivity contribution >= 4 is 76.2 Å². The van der Waals surface area contributed by atoms with E-state index in [4.69, 9.17) is 8.83 Å². The van der Waals surface area contributed by atoms with Crippen LogP contribution in [0.2, 0.25) is 0 Å². The molecular weight excluding hydrogens is 609 g/mol. The molecule has 0 atom stereocenters. The molecule has 232 valence electrons. The topological polar surface area (TPSA) is 26.3 Å². The fourth-order valence-electron chi connectivity index (χ4n) is 8.33. The highest BCUT2D eigenvalue weighted by Crippen LogP contribution is 2.47. The molecule has 0 bridgehead atoms. The molecule has 2 heterocycles. The number of fused-ring (bicyclic) bond motifs is 10. The Morgan fingerprint density at radius 2 is 0.880 bits per heavy atom. The Morgan fingerprint density at radius 1 is 0.300 bits per heavy atom. The van der Waals surface area contributed by atoms with Gasteiger partial charge >= 0.3 is 0 Å². The average molecular weight is 637 g/mol. The van der Waals surface area contributed by atoms with Crippen LogP contribution in [-0.2, 0) is 0 Å². The van der Waals surface area contributed by atoms with E-state index in [1.54, 1.807) is 0 Å². The molecule has 0 aliphatic carbocycles. The molecule has 0 aliphatic rings. The third kappa shape index (κ3) is 3.85. The predicted molar refractivity (Wildman–Crippen MR) is 210 cm³/mol. The zero-order valence-corrected chi connectivity index (χ0v) is 27.0. The lowest BCUT2D eigenvalue weighted by Gasteiger charge is -2.18. The minimum absolute atomic E-state index is 0.870. The summed E-state index contributed by atoms with van der Waals surface area (Å²) in [6.07, 6.45) is 0. The van der Waals surface area contributed by atoms with Crippen LogP contribution in [0.1, 0.15) is 0 Å². The maximum Gasteiger partial charge on any atom is 0.143 e. The van der Waals surface area contributed by atoms with E-state index < -0.39 is 0 Å². The smallest absolute Gasteiger partial charge is 0.143 e. The van der Waals surface area contributed by atoms with Gasteiger partial charge in [0.2, 0.25) is 0 Å². The molecule has 0 aliphatic heterocycles. The highest BCUT2D eigenvalue weighted by molar-refractivity contribution is 6.26. The Bertz CT molecular complexity index is 3080. The first-order valence-electron chi connectivity index (χ1n) is 17.1. The molecule has 11 rings (SSSR count).